The second-order valence-electron chi connectivity index (χ2n) is 9.56. The van der Waals surface area contributed by atoms with E-state index in [1.54, 1.807) is 0 Å². The summed E-state index contributed by atoms with van der Waals surface area (Å²) in [5.41, 5.74) is 3.99. The average molecular weight is 521 g/mol. The largest absolute Gasteiger partial charge is 0.529 e. The smallest absolute Gasteiger partial charge is 0.368 e. The lowest BCUT2D eigenvalue weighted by Crippen LogP contribution is -2.54. The maximum atomic E-state index is 6.58. The van der Waals surface area contributed by atoms with E-state index in [-0.39, 0.29) is 36.6 Å². The molecule has 0 spiro atoms. The van der Waals surface area contributed by atoms with Gasteiger partial charge in [-0.25, -0.2) is 0 Å². The Morgan fingerprint density at radius 3 is 0.647 bits per heavy atom. The summed E-state index contributed by atoms with van der Waals surface area (Å²) in [4.78, 5) is 0. The third kappa shape index (κ3) is 12.8. The van der Waals surface area contributed by atoms with Gasteiger partial charge in [0.05, 0.1) is 0 Å². The number of hydrogen-bond donors (Lipinski definition) is 0. The normalized spacial score (nSPS) is 21.4. The Kier molecular flexibility index (Phi) is 17.4. The fourth-order valence-electron chi connectivity index (χ4n) is 2.79. The molecule has 0 aromatic heterocycles. The molecule has 6 atom stereocenters. The third-order valence-electron chi connectivity index (χ3n) is 6.13. The first-order valence-electron chi connectivity index (χ1n) is 13.7. The summed E-state index contributed by atoms with van der Waals surface area (Å²) in [5, 5.41) is 0. The molecule has 0 saturated heterocycles. The third-order valence-corrected chi connectivity index (χ3v) is 12.0. The van der Waals surface area contributed by atoms with E-state index in [0.717, 1.165) is 38.5 Å². The number of hydrogen-bond acceptors (Lipinski definition) is 6. The molecule has 0 radical (unpaired) electrons. The van der Waals surface area contributed by atoms with Gasteiger partial charge in [-0.1, -0.05) is 41.5 Å². The molecule has 0 heterocycles. The van der Waals surface area contributed by atoms with Gasteiger partial charge in [0.1, 0.15) is 0 Å². The predicted octanol–water partition coefficient (Wildman–Crippen LogP) is 7.39. The maximum Gasteiger partial charge on any atom is 0.529 e. The van der Waals surface area contributed by atoms with Gasteiger partial charge in [-0.3, -0.25) is 0 Å². The zero-order valence-electron chi connectivity index (χ0n) is 24.3. The van der Waals surface area contributed by atoms with E-state index in [4.69, 9.17) is 26.6 Å². The highest BCUT2D eigenvalue weighted by Crippen LogP contribution is 2.27. The van der Waals surface area contributed by atoms with Crippen LogP contribution >= 0.6 is 0 Å². The highest BCUT2D eigenvalue weighted by Gasteiger charge is 2.48. The van der Waals surface area contributed by atoms with Crippen molar-refractivity contribution in [3.63, 3.8) is 0 Å². The monoisotopic (exact) mass is 520 g/mol. The standard InChI is InChI=1S/C26H56O6Si2/c1-13-21(7)27-33(28-22(8)14-2,29-23(9)15-3)19-20-34(30-24(10)16-4,31-25(11)17-5)32-26(12)18-6/h19-26H,13-18H2,1-12H3. The van der Waals surface area contributed by atoms with Crippen molar-refractivity contribution in [3.05, 3.63) is 11.4 Å². The van der Waals surface area contributed by atoms with Gasteiger partial charge in [0.2, 0.25) is 0 Å². The lowest BCUT2D eigenvalue weighted by atomic mass is 10.3. The van der Waals surface area contributed by atoms with E-state index in [2.05, 4.69) is 83.1 Å². The molecule has 0 fully saturated rings. The summed E-state index contributed by atoms with van der Waals surface area (Å²) in [5.74, 6) is 0. The second kappa shape index (κ2) is 17.4. The Morgan fingerprint density at radius 2 is 0.529 bits per heavy atom. The van der Waals surface area contributed by atoms with E-state index in [0.29, 0.717) is 0 Å². The van der Waals surface area contributed by atoms with Crippen molar-refractivity contribution in [2.75, 3.05) is 0 Å². The lowest BCUT2D eigenvalue weighted by molar-refractivity contribution is -0.00542. The van der Waals surface area contributed by atoms with Gasteiger partial charge in [0.15, 0.2) is 0 Å². The molecular formula is C26H56O6Si2. The van der Waals surface area contributed by atoms with E-state index in [1.165, 1.54) is 0 Å². The Balaban J connectivity index is 6.65. The van der Waals surface area contributed by atoms with Crippen LogP contribution in [0.1, 0.15) is 122 Å². The van der Waals surface area contributed by atoms with Crippen LogP contribution in [0.25, 0.3) is 0 Å². The number of rotatable bonds is 20. The summed E-state index contributed by atoms with van der Waals surface area (Å²) >= 11 is 0. The van der Waals surface area contributed by atoms with Crippen LogP contribution in [0.15, 0.2) is 11.4 Å². The molecule has 6 nitrogen and oxygen atoms in total. The van der Waals surface area contributed by atoms with E-state index in [1.807, 2.05) is 11.4 Å². The summed E-state index contributed by atoms with van der Waals surface area (Å²) in [6, 6.07) is 0. The van der Waals surface area contributed by atoms with Crippen molar-refractivity contribution in [1.29, 1.82) is 0 Å². The van der Waals surface area contributed by atoms with Crippen molar-refractivity contribution in [3.8, 4) is 0 Å². The summed E-state index contributed by atoms with van der Waals surface area (Å²) in [7, 11) is -6.45. The summed E-state index contributed by atoms with van der Waals surface area (Å²) in [6.45, 7) is 25.1. The van der Waals surface area contributed by atoms with Gasteiger partial charge in [0, 0.05) is 36.6 Å². The molecule has 0 aliphatic carbocycles. The molecule has 0 aromatic carbocycles. The van der Waals surface area contributed by atoms with E-state index in [9.17, 15) is 0 Å². The molecule has 0 aliphatic rings. The average Bonchev–Trinajstić information content (AvgIpc) is 2.81. The minimum atomic E-state index is -3.23. The Morgan fingerprint density at radius 1 is 0.382 bits per heavy atom. The molecule has 6 unspecified atom stereocenters. The van der Waals surface area contributed by atoms with Gasteiger partial charge >= 0.3 is 17.6 Å². The van der Waals surface area contributed by atoms with Gasteiger partial charge in [0.25, 0.3) is 0 Å². The molecule has 0 aliphatic heterocycles. The zero-order valence-corrected chi connectivity index (χ0v) is 26.3. The van der Waals surface area contributed by atoms with Crippen LogP contribution < -0.4 is 0 Å². The maximum absolute atomic E-state index is 6.58. The van der Waals surface area contributed by atoms with Gasteiger partial charge < -0.3 is 26.6 Å². The topological polar surface area (TPSA) is 55.4 Å². The molecule has 0 rings (SSSR count). The highest BCUT2D eigenvalue weighted by molar-refractivity contribution is 6.72. The molecular weight excluding hydrogens is 464 g/mol. The van der Waals surface area contributed by atoms with Crippen molar-refractivity contribution >= 4 is 17.6 Å². The van der Waals surface area contributed by atoms with Crippen molar-refractivity contribution in [1.82, 2.24) is 0 Å². The molecule has 204 valence electrons. The van der Waals surface area contributed by atoms with Crippen LogP contribution in [0.5, 0.6) is 0 Å². The molecule has 34 heavy (non-hydrogen) atoms. The van der Waals surface area contributed by atoms with Gasteiger partial charge in [-0.2, -0.15) is 0 Å². The zero-order chi connectivity index (χ0) is 26.4. The minimum Gasteiger partial charge on any atom is -0.368 e. The van der Waals surface area contributed by atoms with E-state index < -0.39 is 17.6 Å². The molecule has 0 N–H and O–H groups in total. The first-order valence-corrected chi connectivity index (χ1v) is 17.3. The van der Waals surface area contributed by atoms with Crippen molar-refractivity contribution < 1.29 is 26.6 Å². The quantitative estimate of drug-likeness (QED) is 0.156. The molecule has 8 heteroatoms. The van der Waals surface area contributed by atoms with Gasteiger partial charge in [-0.05, 0) is 91.5 Å². The van der Waals surface area contributed by atoms with Crippen LogP contribution in [-0.4, -0.2) is 54.2 Å². The lowest BCUT2D eigenvalue weighted by Gasteiger charge is -2.36. The summed E-state index contributed by atoms with van der Waals surface area (Å²) in [6.07, 6.45) is 5.23. The van der Waals surface area contributed by atoms with E-state index >= 15 is 0 Å². The first kappa shape index (κ1) is 33.9. The Hall–Kier alpha value is -0.0662. The van der Waals surface area contributed by atoms with Crippen LogP contribution in [0.2, 0.25) is 0 Å². The van der Waals surface area contributed by atoms with Crippen LogP contribution in [-0.2, 0) is 26.6 Å². The molecule has 0 bridgehead atoms. The first-order chi connectivity index (χ1) is 15.9. The molecule has 0 aromatic rings. The Labute approximate surface area is 213 Å². The second-order valence-corrected chi connectivity index (χ2v) is 14.1. The fraction of sp³-hybridized carbons (Fsp3) is 0.923. The highest BCUT2D eigenvalue weighted by atomic mass is 28.4. The summed E-state index contributed by atoms with van der Waals surface area (Å²) < 4.78 is 39.5. The van der Waals surface area contributed by atoms with Crippen molar-refractivity contribution in [2.45, 2.75) is 158 Å². The minimum absolute atomic E-state index is 0.00180. The SMILES string of the molecule is CCC(C)O[Si](C=C[Si](OC(C)CC)(OC(C)CC)OC(C)CC)(OC(C)CC)OC(C)CC. The van der Waals surface area contributed by atoms with Gasteiger partial charge in [-0.15, -0.1) is 0 Å². The Bertz CT molecular complexity index is 439. The van der Waals surface area contributed by atoms with Crippen molar-refractivity contribution in [2.24, 2.45) is 0 Å². The van der Waals surface area contributed by atoms with Crippen LogP contribution in [0, 0.1) is 0 Å². The van der Waals surface area contributed by atoms with Crippen LogP contribution in [0.3, 0.4) is 0 Å². The molecule has 0 saturated carbocycles. The fourth-order valence-corrected chi connectivity index (χ4v) is 9.59. The van der Waals surface area contributed by atoms with Crippen LogP contribution in [0.4, 0.5) is 0 Å². The molecule has 0 amide bonds. The predicted molar refractivity (Wildman–Crippen MR) is 146 cm³/mol.